The van der Waals surface area contributed by atoms with Crippen molar-refractivity contribution >= 4 is 11.6 Å². The van der Waals surface area contributed by atoms with Crippen LogP contribution >= 0.6 is 11.6 Å². The van der Waals surface area contributed by atoms with Gasteiger partial charge in [0, 0.05) is 5.02 Å². The lowest BCUT2D eigenvalue weighted by molar-refractivity contribution is 0.618. The number of hydrogen-bond donors (Lipinski definition) is 1. The Labute approximate surface area is 96.9 Å². The SMILES string of the molecule is NCc1ncn(Cc2cc(F)ccc2Cl)n1. The number of rotatable bonds is 3. The van der Waals surface area contributed by atoms with Crippen LogP contribution in [0.1, 0.15) is 11.4 Å². The summed E-state index contributed by atoms with van der Waals surface area (Å²) < 4.78 is 14.6. The lowest BCUT2D eigenvalue weighted by atomic mass is 10.2. The summed E-state index contributed by atoms with van der Waals surface area (Å²) in [6.45, 7) is 0.660. The molecule has 0 fully saturated rings. The zero-order valence-electron chi connectivity index (χ0n) is 8.40. The predicted molar refractivity (Wildman–Crippen MR) is 58.4 cm³/mol. The Morgan fingerprint density at radius 2 is 2.25 bits per heavy atom. The summed E-state index contributed by atoms with van der Waals surface area (Å²) >= 11 is 5.93. The summed E-state index contributed by atoms with van der Waals surface area (Å²) in [6.07, 6.45) is 1.55. The average Bonchev–Trinajstić information content (AvgIpc) is 2.71. The van der Waals surface area contributed by atoms with E-state index in [1.54, 1.807) is 11.0 Å². The van der Waals surface area contributed by atoms with Gasteiger partial charge in [-0.2, -0.15) is 5.10 Å². The van der Waals surface area contributed by atoms with Gasteiger partial charge in [-0.05, 0) is 23.8 Å². The predicted octanol–water partition coefficient (Wildman–Crippen LogP) is 1.58. The van der Waals surface area contributed by atoms with Crippen molar-refractivity contribution in [1.82, 2.24) is 14.8 Å². The normalized spacial score (nSPS) is 10.7. The van der Waals surface area contributed by atoms with E-state index in [-0.39, 0.29) is 12.4 Å². The molecule has 0 atom stereocenters. The third-order valence-electron chi connectivity index (χ3n) is 2.11. The van der Waals surface area contributed by atoms with E-state index in [1.807, 2.05) is 0 Å². The summed E-state index contributed by atoms with van der Waals surface area (Å²) in [5.41, 5.74) is 6.05. The first kappa shape index (κ1) is 11.0. The number of nitrogens with two attached hydrogens (primary N) is 1. The molecular weight excluding hydrogens is 231 g/mol. The van der Waals surface area contributed by atoms with Crippen LogP contribution in [0.4, 0.5) is 4.39 Å². The molecule has 1 heterocycles. The smallest absolute Gasteiger partial charge is 0.164 e. The highest BCUT2D eigenvalue weighted by Gasteiger charge is 2.05. The second-order valence-corrected chi connectivity index (χ2v) is 3.71. The molecule has 0 spiro atoms. The molecule has 0 amide bonds. The molecule has 0 unspecified atom stereocenters. The van der Waals surface area contributed by atoms with Crippen LogP contribution in [0, 0.1) is 5.82 Å². The molecule has 16 heavy (non-hydrogen) atoms. The van der Waals surface area contributed by atoms with E-state index in [0.717, 1.165) is 0 Å². The van der Waals surface area contributed by atoms with Gasteiger partial charge >= 0.3 is 0 Å². The number of nitrogens with zero attached hydrogens (tertiary/aromatic N) is 3. The Kier molecular flexibility index (Phi) is 3.17. The number of aromatic nitrogens is 3. The van der Waals surface area contributed by atoms with Gasteiger partial charge in [-0.3, -0.25) is 0 Å². The minimum absolute atomic E-state index is 0.282. The molecule has 0 saturated carbocycles. The molecule has 4 nitrogen and oxygen atoms in total. The maximum Gasteiger partial charge on any atom is 0.164 e. The summed E-state index contributed by atoms with van der Waals surface area (Å²) in [6, 6.07) is 4.22. The van der Waals surface area contributed by atoms with Gasteiger partial charge in [0.2, 0.25) is 0 Å². The fourth-order valence-corrected chi connectivity index (χ4v) is 1.52. The molecule has 0 aliphatic rings. The van der Waals surface area contributed by atoms with Crippen molar-refractivity contribution in [3.8, 4) is 0 Å². The van der Waals surface area contributed by atoms with Gasteiger partial charge in [0.05, 0.1) is 13.1 Å². The van der Waals surface area contributed by atoms with E-state index in [4.69, 9.17) is 17.3 Å². The van der Waals surface area contributed by atoms with Crippen molar-refractivity contribution in [2.45, 2.75) is 13.1 Å². The summed E-state index contributed by atoms with van der Waals surface area (Å²) in [4.78, 5) is 3.97. The summed E-state index contributed by atoms with van der Waals surface area (Å²) in [5, 5.41) is 4.60. The Balaban J connectivity index is 2.22. The number of halogens is 2. The lowest BCUT2D eigenvalue weighted by Gasteiger charge is -2.03. The van der Waals surface area contributed by atoms with Crippen molar-refractivity contribution in [2.75, 3.05) is 0 Å². The molecular formula is C10H10ClFN4. The first-order chi connectivity index (χ1) is 7.69. The Bertz CT molecular complexity index is 497. The molecule has 2 rings (SSSR count). The van der Waals surface area contributed by atoms with Crippen LogP contribution in [-0.4, -0.2) is 14.8 Å². The highest BCUT2D eigenvalue weighted by molar-refractivity contribution is 6.31. The van der Waals surface area contributed by atoms with Crippen molar-refractivity contribution in [3.05, 3.63) is 46.8 Å². The second-order valence-electron chi connectivity index (χ2n) is 3.30. The van der Waals surface area contributed by atoms with Crippen LogP contribution in [-0.2, 0) is 13.1 Å². The third kappa shape index (κ3) is 2.37. The summed E-state index contributed by atoms with van der Waals surface area (Å²) in [5.74, 6) is 0.228. The van der Waals surface area contributed by atoms with Gasteiger partial charge in [-0.15, -0.1) is 0 Å². The van der Waals surface area contributed by atoms with E-state index in [2.05, 4.69) is 10.1 Å². The van der Waals surface area contributed by atoms with Crippen LogP contribution in [0.3, 0.4) is 0 Å². The topological polar surface area (TPSA) is 56.7 Å². The van der Waals surface area contributed by atoms with Crippen molar-refractivity contribution in [2.24, 2.45) is 5.73 Å². The quantitative estimate of drug-likeness (QED) is 0.886. The van der Waals surface area contributed by atoms with Crippen LogP contribution in [0.5, 0.6) is 0 Å². The Morgan fingerprint density at radius 1 is 1.44 bits per heavy atom. The minimum Gasteiger partial charge on any atom is -0.324 e. The number of hydrogen-bond acceptors (Lipinski definition) is 3. The van der Waals surface area contributed by atoms with Crippen LogP contribution in [0.15, 0.2) is 24.5 Å². The van der Waals surface area contributed by atoms with E-state index in [1.165, 1.54) is 18.2 Å². The first-order valence-electron chi connectivity index (χ1n) is 4.71. The highest BCUT2D eigenvalue weighted by atomic mass is 35.5. The van der Waals surface area contributed by atoms with Crippen LogP contribution in [0.25, 0.3) is 0 Å². The van der Waals surface area contributed by atoms with Gasteiger partial charge in [0.1, 0.15) is 12.1 Å². The molecule has 2 N–H and O–H groups in total. The molecule has 6 heteroatoms. The molecule has 1 aromatic heterocycles. The minimum atomic E-state index is -0.321. The average molecular weight is 241 g/mol. The van der Waals surface area contributed by atoms with Crippen molar-refractivity contribution < 1.29 is 4.39 Å². The molecule has 0 saturated heterocycles. The van der Waals surface area contributed by atoms with Crippen LogP contribution in [0.2, 0.25) is 5.02 Å². The molecule has 1 aromatic carbocycles. The van der Waals surface area contributed by atoms with E-state index in [0.29, 0.717) is 23.0 Å². The molecule has 2 aromatic rings. The van der Waals surface area contributed by atoms with Gasteiger partial charge < -0.3 is 5.73 Å². The molecule has 0 radical (unpaired) electrons. The van der Waals surface area contributed by atoms with Crippen molar-refractivity contribution in [3.63, 3.8) is 0 Å². The highest BCUT2D eigenvalue weighted by Crippen LogP contribution is 2.17. The third-order valence-corrected chi connectivity index (χ3v) is 2.48. The maximum absolute atomic E-state index is 13.0. The van der Waals surface area contributed by atoms with Gasteiger partial charge in [0.25, 0.3) is 0 Å². The lowest BCUT2D eigenvalue weighted by Crippen LogP contribution is -2.04. The first-order valence-corrected chi connectivity index (χ1v) is 5.09. The largest absolute Gasteiger partial charge is 0.324 e. The van der Waals surface area contributed by atoms with E-state index >= 15 is 0 Å². The summed E-state index contributed by atoms with van der Waals surface area (Å²) in [7, 11) is 0. The van der Waals surface area contributed by atoms with Gasteiger partial charge in [-0.25, -0.2) is 14.1 Å². The monoisotopic (exact) mass is 240 g/mol. The van der Waals surface area contributed by atoms with Gasteiger partial charge in [0.15, 0.2) is 5.82 Å². The molecule has 84 valence electrons. The van der Waals surface area contributed by atoms with E-state index < -0.39 is 0 Å². The molecule has 0 aliphatic carbocycles. The zero-order chi connectivity index (χ0) is 11.5. The Hall–Kier alpha value is -1.46. The number of benzene rings is 1. The fraction of sp³-hybridized carbons (Fsp3) is 0.200. The fourth-order valence-electron chi connectivity index (χ4n) is 1.34. The second kappa shape index (κ2) is 4.59. The Morgan fingerprint density at radius 3 is 2.94 bits per heavy atom. The van der Waals surface area contributed by atoms with Crippen molar-refractivity contribution in [1.29, 1.82) is 0 Å². The maximum atomic E-state index is 13.0. The molecule has 0 aliphatic heterocycles. The van der Waals surface area contributed by atoms with Gasteiger partial charge in [-0.1, -0.05) is 11.6 Å². The van der Waals surface area contributed by atoms with Crippen LogP contribution < -0.4 is 5.73 Å². The zero-order valence-corrected chi connectivity index (χ0v) is 9.15. The van der Waals surface area contributed by atoms with E-state index in [9.17, 15) is 4.39 Å². The molecule has 0 bridgehead atoms. The standard InChI is InChI=1S/C10H10ClFN4/c11-9-2-1-8(12)3-7(9)5-16-6-14-10(4-13)15-16/h1-3,6H,4-5,13H2.